The zero-order valence-electron chi connectivity index (χ0n) is 10.7. The van der Waals surface area contributed by atoms with Crippen LogP contribution in [0.15, 0.2) is 57.4 Å². The van der Waals surface area contributed by atoms with E-state index in [0.717, 1.165) is 15.5 Å². The van der Waals surface area contributed by atoms with E-state index >= 15 is 0 Å². The second-order valence-corrected chi connectivity index (χ2v) is 5.40. The van der Waals surface area contributed by atoms with Gasteiger partial charge in [-0.2, -0.15) is 0 Å². The summed E-state index contributed by atoms with van der Waals surface area (Å²) in [6.07, 6.45) is 0. The summed E-state index contributed by atoms with van der Waals surface area (Å²) >= 11 is 7.58. The van der Waals surface area contributed by atoms with Crippen LogP contribution in [0.3, 0.4) is 0 Å². The number of hydrogen-bond acceptors (Lipinski definition) is 4. The van der Waals surface area contributed by atoms with Crippen LogP contribution in [0, 0.1) is 0 Å². The lowest BCUT2D eigenvalue weighted by molar-refractivity contribution is 0.318. The van der Waals surface area contributed by atoms with Crippen molar-refractivity contribution in [3.05, 3.63) is 53.1 Å². The topological polar surface area (TPSA) is 67.8 Å². The first-order valence-electron chi connectivity index (χ1n) is 5.74. The van der Waals surface area contributed by atoms with E-state index in [9.17, 15) is 0 Å². The van der Waals surface area contributed by atoms with Gasteiger partial charge in [0, 0.05) is 9.79 Å². The molecule has 0 aliphatic carbocycles. The summed E-state index contributed by atoms with van der Waals surface area (Å²) < 4.78 is 5.19. The highest BCUT2D eigenvalue weighted by molar-refractivity contribution is 7.99. The van der Waals surface area contributed by atoms with Crippen LogP contribution in [0.1, 0.15) is 5.56 Å². The smallest absolute Gasteiger partial charge is 0.172 e. The molecule has 0 saturated heterocycles. The number of amidine groups is 1. The van der Waals surface area contributed by atoms with E-state index < -0.39 is 0 Å². The molecule has 0 aromatic heterocycles. The lowest BCUT2D eigenvalue weighted by Crippen LogP contribution is -2.14. The van der Waals surface area contributed by atoms with Crippen LogP contribution in [0.5, 0.6) is 5.75 Å². The van der Waals surface area contributed by atoms with Crippen molar-refractivity contribution in [2.45, 2.75) is 9.79 Å². The Morgan fingerprint density at radius 3 is 2.75 bits per heavy atom. The van der Waals surface area contributed by atoms with Gasteiger partial charge in [-0.1, -0.05) is 40.7 Å². The summed E-state index contributed by atoms with van der Waals surface area (Å²) in [6.45, 7) is 0. The number of rotatable bonds is 4. The van der Waals surface area contributed by atoms with Gasteiger partial charge in [0.1, 0.15) is 5.75 Å². The summed E-state index contributed by atoms with van der Waals surface area (Å²) in [5.41, 5.74) is 6.20. The molecule has 20 heavy (non-hydrogen) atoms. The second-order valence-electron chi connectivity index (χ2n) is 3.88. The van der Waals surface area contributed by atoms with E-state index in [1.165, 1.54) is 11.8 Å². The quantitative estimate of drug-likeness (QED) is 0.392. The minimum atomic E-state index is -0.0130. The molecule has 0 fully saturated rings. The number of hydrogen-bond donors (Lipinski definition) is 2. The van der Waals surface area contributed by atoms with E-state index in [0.29, 0.717) is 10.6 Å². The minimum absolute atomic E-state index is 0.0130. The number of ether oxygens (including phenoxy) is 1. The highest BCUT2D eigenvalue weighted by Crippen LogP contribution is 2.34. The van der Waals surface area contributed by atoms with Crippen molar-refractivity contribution in [2.24, 2.45) is 10.9 Å². The first-order chi connectivity index (χ1) is 9.65. The predicted octanol–water partition coefficient (Wildman–Crippen LogP) is 3.59. The van der Waals surface area contributed by atoms with Crippen molar-refractivity contribution in [1.29, 1.82) is 0 Å². The van der Waals surface area contributed by atoms with Crippen molar-refractivity contribution in [2.75, 3.05) is 7.11 Å². The molecule has 4 nitrogen and oxygen atoms in total. The van der Waals surface area contributed by atoms with Gasteiger partial charge in [0.05, 0.1) is 17.7 Å². The molecule has 0 atom stereocenters. The normalized spacial score (nSPS) is 11.4. The average Bonchev–Trinajstić information content (AvgIpc) is 2.47. The minimum Gasteiger partial charge on any atom is -0.497 e. The molecule has 2 rings (SSSR count). The number of methoxy groups -OCH3 is 1. The third kappa shape index (κ3) is 3.18. The lowest BCUT2D eigenvalue weighted by atomic mass is 10.2. The number of oxime groups is 1. The van der Waals surface area contributed by atoms with Crippen molar-refractivity contribution < 1.29 is 9.94 Å². The monoisotopic (exact) mass is 308 g/mol. The molecule has 0 bridgehead atoms. The third-order valence-corrected chi connectivity index (χ3v) is 3.97. The summed E-state index contributed by atoms with van der Waals surface area (Å²) in [4.78, 5) is 1.78. The Labute approximate surface area is 126 Å². The Morgan fingerprint density at radius 2 is 2.05 bits per heavy atom. The number of nitrogens with two attached hydrogens (primary N) is 1. The molecule has 0 heterocycles. The Morgan fingerprint density at radius 1 is 1.30 bits per heavy atom. The number of benzene rings is 2. The van der Waals surface area contributed by atoms with E-state index in [1.54, 1.807) is 13.2 Å². The molecule has 0 spiro atoms. The molecule has 2 aromatic carbocycles. The van der Waals surface area contributed by atoms with E-state index in [-0.39, 0.29) is 5.84 Å². The van der Waals surface area contributed by atoms with Crippen molar-refractivity contribution >= 4 is 29.2 Å². The van der Waals surface area contributed by atoms with Crippen LogP contribution in [0.2, 0.25) is 5.02 Å². The standard InChI is InChI=1S/C14H13ClN2O2S/c1-19-9-4-2-5-10(8-9)20-12-7-3-6-11(15)13(12)14(16)17-18/h2-8,18H,1H3,(H2,16,17). The maximum Gasteiger partial charge on any atom is 0.172 e. The van der Waals surface area contributed by atoms with Crippen LogP contribution in [-0.2, 0) is 0 Å². The van der Waals surface area contributed by atoms with Gasteiger partial charge in [-0.15, -0.1) is 0 Å². The summed E-state index contributed by atoms with van der Waals surface area (Å²) in [6, 6.07) is 13.0. The van der Waals surface area contributed by atoms with Gasteiger partial charge in [-0.25, -0.2) is 0 Å². The fourth-order valence-corrected chi connectivity index (χ4v) is 3.05. The van der Waals surface area contributed by atoms with Gasteiger partial charge >= 0.3 is 0 Å². The fraction of sp³-hybridized carbons (Fsp3) is 0.0714. The molecule has 0 unspecified atom stereocenters. The lowest BCUT2D eigenvalue weighted by Gasteiger charge is -2.10. The summed E-state index contributed by atoms with van der Waals surface area (Å²) in [5, 5.41) is 12.3. The van der Waals surface area contributed by atoms with Gasteiger partial charge < -0.3 is 15.7 Å². The molecule has 6 heteroatoms. The maximum absolute atomic E-state index is 8.86. The number of halogens is 1. The van der Waals surface area contributed by atoms with Crippen LogP contribution >= 0.6 is 23.4 Å². The third-order valence-electron chi connectivity index (χ3n) is 2.61. The highest BCUT2D eigenvalue weighted by Gasteiger charge is 2.13. The Bertz CT molecular complexity index is 647. The van der Waals surface area contributed by atoms with Crippen LogP contribution in [-0.4, -0.2) is 18.2 Å². The molecular formula is C14H13ClN2O2S. The molecule has 3 N–H and O–H groups in total. The van der Waals surface area contributed by atoms with Crippen molar-refractivity contribution in [3.8, 4) is 5.75 Å². The van der Waals surface area contributed by atoms with E-state index in [4.69, 9.17) is 27.3 Å². The summed E-state index contributed by atoms with van der Waals surface area (Å²) in [7, 11) is 1.62. The molecule has 0 amide bonds. The van der Waals surface area contributed by atoms with Gasteiger partial charge in [0.25, 0.3) is 0 Å². The largest absolute Gasteiger partial charge is 0.497 e. The predicted molar refractivity (Wildman–Crippen MR) is 81.1 cm³/mol. The van der Waals surface area contributed by atoms with Crippen LogP contribution in [0.25, 0.3) is 0 Å². The molecule has 0 saturated carbocycles. The average molecular weight is 309 g/mol. The zero-order chi connectivity index (χ0) is 14.5. The van der Waals surface area contributed by atoms with E-state index in [2.05, 4.69) is 5.16 Å². The van der Waals surface area contributed by atoms with Crippen LogP contribution in [0.4, 0.5) is 0 Å². The molecule has 0 aliphatic heterocycles. The van der Waals surface area contributed by atoms with Gasteiger partial charge in [0.15, 0.2) is 5.84 Å². The molecular weight excluding hydrogens is 296 g/mol. The zero-order valence-corrected chi connectivity index (χ0v) is 12.3. The van der Waals surface area contributed by atoms with Gasteiger partial charge in [0.2, 0.25) is 0 Å². The maximum atomic E-state index is 8.86. The second kappa shape index (κ2) is 6.54. The summed E-state index contributed by atoms with van der Waals surface area (Å²) in [5.74, 6) is 0.753. The van der Waals surface area contributed by atoms with Crippen molar-refractivity contribution in [1.82, 2.24) is 0 Å². The van der Waals surface area contributed by atoms with Crippen molar-refractivity contribution in [3.63, 3.8) is 0 Å². The van der Waals surface area contributed by atoms with Gasteiger partial charge in [-0.3, -0.25) is 0 Å². The fourth-order valence-electron chi connectivity index (χ4n) is 1.68. The first-order valence-corrected chi connectivity index (χ1v) is 6.93. The highest BCUT2D eigenvalue weighted by atomic mass is 35.5. The Hall–Kier alpha value is -1.85. The number of nitrogens with zero attached hydrogens (tertiary/aromatic N) is 1. The Kier molecular flexibility index (Phi) is 4.76. The van der Waals surface area contributed by atoms with E-state index in [1.807, 2.05) is 36.4 Å². The first kappa shape index (κ1) is 14.6. The molecule has 2 aromatic rings. The van der Waals surface area contributed by atoms with Crippen LogP contribution < -0.4 is 10.5 Å². The SMILES string of the molecule is COc1cccc(Sc2cccc(Cl)c2C(N)=NO)c1. The Balaban J connectivity index is 2.40. The molecule has 0 radical (unpaired) electrons. The molecule has 0 aliphatic rings. The molecule has 104 valence electrons. The van der Waals surface area contributed by atoms with Gasteiger partial charge in [-0.05, 0) is 30.3 Å².